The van der Waals surface area contributed by atoms with Crippen LogP contribution in [0, 0.1) is 5.92 Å². The van der Waals surface area contributed by atoms with Gasteiger partial charge in [0.1, 0.15) is 5.82 Å². The number of carbonyl (C=O) groups is 1. The fourth-order valence-corrected chi connectivity index (χ4v) is 4.23. The van der Waals surface area contributed by atoms with Gasteiger partial charge in [0.15, 0.2) is 0 Å². The van der Waals surface area contributed by atoms with E-state index in [1.165, 1.54) is 0 Å². The molecular formula is C24H34N6O3. The third-order valence-corrected chi connectivity index (χ3v) is 6.16. The molecule has 0 aliphatic carbocycles. The molecular weight excluding hydrogens is 420 g/mol. The molecule has 0 unspecified atom stereocenters. The molecule has 1 amide bonds. The van der Waals surface area contributed by atoms with Crippen LogP contribution in [0.1, 0.15) is 38.9 Å². The number of benzene rings is 1. The second kappa shape index (κ2) is 10.9. The lowest BCUT2D eigenvalue weighted by Crippen LogP contribution is -2.38. The Kier molecular flexibility index (Phi) is 7.72. The third kappa shape index (κ3) is 5.59. The molecule has 33 heavy (non-hydrogen) atoms. The normalized spacial score (nSPS) is 15.0. The Bertz CT molecular complexity index is 1150. The van der Waals surface area contributed by atoms with Crippen LogP contribution in [0.4, 0.5) is 0 Å². The van der Waals surface area contributed by atoms with Crippen molar-refractivity contribution in [1.29, 1.82) is 0 Å². The van der Waals surface area contributed by atoms with Crippen molar-refractivity contribution < 1.29 is 9.53 Å². The van der Waals surface area contributed by atoms with E-state index in [1.807, 2.05) is 28.7 Å². The van der Waals surface area contributed by atoms with Gasteiger partial charge in [-0.15, -0.1) is 10.2 Å². The van der Waals surface area contributed by atoms with Crippen molar-refractivity contribution in [2.75, 3.05) is 39.4 Å². The standard InChI is InChI=1S/C24H34N6O3/c1-18(2)10-13-29-23(32)19-6-3-4-7-20(19)30-21(26-27-24(29)30)8-9-22(31)25-11-5-12-28-14-16-33-17-15-28/h3-4,6-7,18H,5,8-17H2,1-2H3,(H,25,31). The Morgan fingerprint density at radius 2 is 1.94 bits per heavy atom. The van der Waals surface area contributed by atoms with Crippen molar-refractivity contribution in [3.05, 3.63) is 40.4 Å². The second-order valence-corrected chi connectivity index (χ2v) is 9.07. The molecule has 0 atom stereocenters. The van der Waals surface area contributed by atoms with Crippen molar-refractivity contribution in [3.8, 4) is 0 Å². The molecule has 1 aromatic carbocycles. The van der Waals surface area contributed by atoms with E-state index < -0.39 is 0 Å². The third-order valence-electron chi connectivity index (χ3n) is 6.16. The first-order valence-corrected chi connectivity index (χ1v) is 12.0. The first-order chi connectivity index (χ1) is 16.0. The maximum Gasteiger partial charge on any atom is 0.262 e. The van der Waals surface area contributed by atoms with Crippen LogP contribution in [-0.2, 0) is 22.5 Å². The van der Waals surface area contributed by atoms with Crippen molar-refractivity contribution in [3.63, 3.8) is 0 Å². The molecule has 0 bridgehead atoms. The Hall–Kier alpha value is -2.78. The number of ether oxygens (including phenoxy) is 1. The summed E-state index contributed by atoms with van der Waals surface area (Å²) in [6.45, 7) is 10.0. The van der Waals surface area contributed by atoms with Crippen LogP contribution in [0.2, 0.25) is 0 Å². The van der Waals surface area contributed by atoms with Crippen molar-refractivity contribution in [1.82, 2.24) is 29.4 Å². The zero-order chi connectivity index (χ0) is 23.2. The van der Waals surface area contributed by atoms with E-state index in [-0.39, 0.29) is 11.5 Å². The first kappa shape index (κ1) is 23.4. The van der Waals surface area contributed by atoms with Crippen molar-refractivity contribution in [2.24, 2.45) is 5.92 Å². The van der Waals surface area contributed by atoms with Gasteiger partial charge in [-0.1, -0.05) is 26.0 Å². The number of hydrogen-bond acceptors (Lipinski definition) is 6. The summed E-state index contributed by atoms with van der Waals surface area (Å²) in [4.78, 5) is 27.9. The molecule has 9 heteroatoms. The van der Waals surface area contributed by atoms with Gasteiger partial charge in [0.25, 0.3) is 5.56 Å². The van der Waals surface area contributed by atoms with E-state index in [4.69, 9.17) is 4.74 Å². The van der Waals surface area contributed by atoms with Gasteiger partial charge in [-0.25, -0.2) is 0 Å². The summed E-state index contributed by atoms with van der Waals surface area (Å²) in [7, 11) is 0. The van der Waals surface area contributed by atoms with Gasteiger partial charge < -0.3 is 10.1 Å². The summed E-state index contributed by atoms with van der Waals surface area (Å²) in [6, 6.07) is 7.53. The SMILES string of the molecule is CC(C)CCn1c(=O)c2ccccc2n2c(CCC(=O)NCCCN3CCOCC3)nnc12. The molecule has 1 saturated heterocycles. The lowest BCUT2D eigenvalue weighted by atomic mass is 10.1. The number of amides is 1. The topological polar surface area (TPSA) is 93.8 Å². The van der Waals surface area contributed by atoms with Crippen molar-refractivity contribution >= 4 is 22.6 Å². The number of fused-ring (bicyclic) bond motifs is 3. The minimum absolute atomic E-state index is 0.00571. The highest BCUT2D eigenvalue weighted by atomic mass is 16.5. The molecule has 178 valence electrons. The van der Waals surface area contributed by atoms with Gasteiger partial charge in [-0.3, -0.25) is 23.5 Å². The monoisotopic (exact) mass is 454 g/mol. The molecule has 1 aliphatic heterocycles. The number of nitrogens with one attached hydrogen (secondary N) is 1. The predicted octanol–water partition coefficient (Wildman–Crippen LogP) is 1.86. The first-order valence-electron chi connectivity index (χ1n) is 12.0. The fourth-order valence-electron chi connectivity index (χ4n) is 4.23. The molecule has 0 saturated carbocycles. The van der Waals surface area contributed by atoms with E-state index in [0.29, 0.717) is 48.8 Å². The van der Waals surface area contributed by atoms with Crippen LogP contribution in [0.5, 0.6) is 0 Å². The highest BCUT2D eigenvalue weighted by Crippen LogP contribution is 2.16. The molecule has 2 aromatic heterocycles. The predicted molar refractivity (Wildman–Crippen MR) is 127 cm³/mol. The van der Waals surface area contributed by atoms with E-state index in [9.17, 15) is 9.59 Å². The molecule has 4 rings (SSSR count). The maximum atomic E-state index is 13.1. The molecule has 3 heterocycles. The van der Waals surface area contributed by atoms with E-state index >= 15 is 0 Å². The van der Waals surface area contributed by atoms with E-state index in [1.54, 1.807) is 4.57 Å². The Morgan fingerprint density at radius 1 is 1.15 bits per heavy atom. The van der Waals surface area contributed by atoms with Gasteiger partial charge in [0.2, 0.25) is 11.7 Å². The van der Waals surface area contributed by atoms with Gasteiger partial charge >= 0.3 is 0 Å². The number of hydrogen-bond donors (Lipinski definition) is 1. The Balaban J connectivity index is 1.43. The highest BCUT2D eigenvalue weighted by Gasteiger charge is 2.17. The minimum Gasteiger partial charge on any atom is -0.379 e. The van der Waals surface area contributed by atoms with Gasteiger partial charge in [0.05, 0.1) is 24.1 Å². The Labute approximate surface area is 193 Å². The molecule has 9 nitrogen and oxygen atoms in total. The number of para-hydroxylation sites is 1. The minimum atomic E-state index is -0.0456. The van der Waals surface area contributed by atoms with Gasteiger partial charge in [-0.2, -0.15) is 0 Å². The highest BCUT2D eigenvalue weighted by molar-refractivity contribution is 5.80. The lowest BCUT2D eigenvalue weighted by Gasteiger charge is -2.26. The molecule has 1 fully saturated rings. The van der Waals surface area contributed by atoms with Crippen LogP contribution in [0.25, 0.3) is 16.7 Å². The van der Waals surface area contributed by atoms with Gasteiger partial charge in [0, 0.05) is 39.0 Å². The molecule has 0 radical (unpaired) electrons. The summed E-state index contributed by atoms with van der Waals surface area (Å²) in [5.74, 6) is 1.71. The second-order valence-electron chi connectivity index (χ2n) is 9.07. The number of morpholine rings is 1. The quantitative estimate of drug-likeness (QED) is 0.470. The summed E-state index contributed by atoms with van der Waals surface area (Å²) in [6.07, 6.45) is 2.59. The van der Waals surface area contributed by atoms with Crippen LogP contribution in [0.3, 0.4) is 0 Å². The average molecular weight is 455 g/mol. The maximum absolute atomic E-state index is 13.1. The zero-order valence-corrected chi connectivity index (χ0v) is 19.6. The van der Waals surface area contributed by atoms with Crippen LogP contribution < -0.4 is 10.9 Å². The largest absolute Gasteiger partial charge is 0.379 e. The number of aromatic nitrogens is 4. The summed E-state index contributed by atoms with van der Waals surface area (Å²) < 4.78 is 9.01. The smallest absolute Gasteiger partial charge is 0.262 e. The van der Waals surface area contributed by atoms with Crippen LogP contribution in [0.15, 0.2) is 29.1 Å². The van der Waals surface area contributed by atoms with Crippen LogP contribution >= 0.6 is 0 Å². The average Bonchev–Trinajstić information content (AvgIpc) is 3.25. The lowest BCUT2D eigenvalue weighted by molar-refractivity contribution is -0.121. The summed E-state index contributed by atoms with van der Waals surface area (Å²) >= 11 is 0. The number of rotatable bonds is 10. The zero-order valence-electron chi connectivity index (χ0n) is 19.6. The molecule has 0 spiro atoms. The number of nitrogens with zero attached hydrogens (tertiary/aromatic N) is 5. The van der Waals surface area contributed by atoms with Crippen molar-refractivity contribution in [2.45, 2.75) is 46.1 Å². The molecule has 3 aromatic rings. The number of carbonyl (C=O) groups excluding carboxylic acids is 1. The summed E-state index contributed by atoms with van der Waals surface area (Å²) in [5, 5.41) is 12.4. The summed E-state index contributed by atoms with van der Waals surface area (Å²) in [5.41, 5.74) is 0.736. The van der Waals surface area contributed by atoms with E-state index in [0.717, 1.165) is 51.2 Å². The molecule has 1 aliphatic rings. The van der Waals surface area contributed by atoms with E-state index in [2.05, 4.69) is 34.3 Å². The fraction of sp³-hybridized carbons (Fsp3) is 0.583. The Morgan fingerprint density at radius 3 is 2.73 bits per heavy atom. The molecule has 1 N–H and O–H groups in total. The number of aryl methyl sites for hydroxylation is 2. The van der Waals surface area contributed by atoms with Gasteiger partial charge in [-0.05, 0) is 37.4 Å². The van der Waals surface area contributed by atoms with Crippen LogP contribution in [-0.4, -0.2) is 69.4 Å².